The van der Waals surface area contributed by atoms with Crippen molar-refractivity contribution in [1.29, 1.82) is 0 Å². The van der Waals surface area contributed by atoms with Gasteiger partial charge in [-0.05, 0) is 35.2 Å². The van der Waals surface area contributed by atoms with E-state index in [9.17, 15) is 0 Å². The van der Waals surface area contributed by atoms with Crippen molar-refractivity contribution in [1.82, 2.24) is 0 Å². The van der Waals surface area contributed by atoms with Crippen LogP contribution in [0.5, 0.6) is 5.75 Å². The molecule has 0 saturated carbocycles. The van der Waals surface area contributed by atoms with Crippen LogP contribution in [0.3, 0.4) is 0 Å². The Morgan fingerprint density at radius 3 is 2.15 bits per heavy atom. The quantitative estimate of drug-likeness (QED) is 0.736. The van der Waals surface area contributed by atoms with Gasteiger partial charge in [0, 0.05) is 0 Å². The molecular formula is C18H20O2. The summed E-state index contributed by atoms with van der Waals surface area (Å²) < 4.78 is 10.8. The fraction of sp³-hybridized carbons (Fsp3) is 0.333. The largest absolute Gasteiger partial charge is 0.491 e. The summed E-state index contributed by atoms with van der Waals surface area (Å²) in [6.07, 6.45) is 2.65. The molecule has 0 N–H and O–H groups in total. The number of hydrogen-bond donors (Lipinski definition) is 0. The van der Waals surface area contributed by atoms with Gasteiger partial charge in [0.2, 0.25) is 0 Å². The lowest BCUT2D eigenvalue weighted by Gasteiger charge is -2.07. The molecule has 2 aromatic rings. The molecule has 0 spiro atoms. The molecule has 0 radical (unpaired) electrons. The molecule has 104 valence electrons. The Morgan fingerprint density at radius 1 is 1.00 bits per heavy atom. The third kappa shape index (κ3) is 3.40. The summed E-state index contributed by atoms with van der Waals surface area (Å²) in [6, 6.07) is 17.1. The molecule has 0 amide bonds. The SMILES string of the molecule is CCCc1ccc(-c2ccc(OCC3CO3)cc2)cc1. The maximum atomic E-state index is 5.65. The van der Waals surface area contributed by atoms with Gasteiger partial charge in [-0.1, -0.05) is 49.7 Å². The summed E-state index contributed by atoms with van der Waals surface area (Å²) in [7, 11) is 0. The molecule has 20 heavy (non-hydrogen) atoms. The predicted molar refractivity (Wildman–Crippen MR) is 81.1 cm³/mol. The molecule has 1 aliphatic heterocycles. The molecule has 2 heteroatoms. The lowest BCUT2D eigenvalue weighted by Crippen LogP contribution is -2.03. The molecule has 3 rings (SSSR count). The molecule has 1 aliphatic rings. The minimum atomic E-state index is 0.306. The maximum Gasteiger partial charge on any atom is 0.119 e. The number of aryl methyl sites for hydroxylation is 1. The second kappa shape index (κ2) is 6.10. The van der Waals surface area contributed by atoms with E-state index in [4.69, 9.17) is 9.47 Å². The molecule has 1 heterocycles. The van der Waals surface area contributed by atoms with E-state index in [1.54, 1.807) is 0 Å². The van der Waals surface area contributed by atoms with Crippen LogP contribution in [-0.4, -0.2) is 19.3 Å². The Labute approximate surface area is 120 Å². The molecule has 0 aliphatic carbocycles. The fourth-order valence-electron chi connectivity index (χ4n) is 2.25. The lowest BCUT2D eigenvalue weighted by molar-refractivity contribution is 0.263. The van der Waals surface area contributed by atoms with E-state index in [1.165, 1.54) is 23.1 Å². The van der Waals surface area contributed by atoms with Crippen LogP contribution in [-0.2, 0) is 11.2 Å². The van der Waals surface area contributed by atoms with Gasteiger partial charge in [0.05, 0.1) is 6.61 Å². The van der Waals surface area contributed by atoms with Crippen molar-refractivity contribution in [2.75, 3.05) is 13.2 Å². The van der Waals surface area contributed by atoms with Gasteiger partial charge in [-0.15, -0.1) is 0 Å². The van der Waals surface area contributed by atoms with Gasteiger partial charge in [0.15, 0.2) is 0 Å². The minimum Gasteiger partial charge on any atom is -0.491 e. The molecule has 2 nitrogen and oxygen atoms in total. The Kier molecular flexibility index (Phi) is 4.03. The normalized spacial score (nSPS) is 16.9. The van der Waals surface area contributed by atoms with Crippen LogP contribution in [0, 0.1) is 0 Å². The number of rotatable bonds is 6. The standard InChI is InChI=1S/C18H20O2/c1-2-3-14-4-6-15(7-5-14)16-8-10-17(11-9-16)19-12-18-13-20-18/h4-11,18H,2-3,12-13H2,1H3. The van der Waals surface area contributed by atoms with Crippen LogP contribution < -0.4 is 4.74 Å². The Balaban J connectivity index is 1.66. The summed E-state index contributed by atoms with van der Waals surface area (Å²) in [6.45, 7) is 3.70. The van der Waals surface area contributed by atoms with Crippen LogP contribution in [0.1, 0.15) is 18.9 Å². The first-order valence-corrected chi connectivity index (χ1v) is 7.29. The first kappa shape index (κ1) is 13.2. The van der Waals surface area contributed by atoms with E-state index in [0.29, 0.717) is 12.7 Å². The zero-order chi connectivity index (χ0) is 13.8. The lowest BCUT2D eigenvalue weighted by atomic mass is 10.0. The van der Waals surface area contributed by atoms with Crippen LogP contribution in [0.4, 0.5) is 0 Å². The number of ether oxygens (including phenoxy) is 2. The highest BCUT2D eigenvalue weighted by Gasteiger charge is 2.22. The van der Waals surface area contributed by atoms with E-state index in [1.807, 2.05) is 12.1 Å². The average molecular weight is 268 g/mol. The van der Waals surface area contributed by atoms with Crippen LogP contribution in [0.2, 0.25) is 0 Å². The zero-order valence-electron chi connectivity index (χ0n) is 11.8. The summed E-state index contributed by atoms with van der Waals surface area (Å²) in [4.78, 5) is 0. The van der Waals surface area contributed by atoms with Crippen molar-refractivity contribution in [3.05, 3.63) is 54.1 Å². The maximum absolute atomic E-state index is 5.65. The van der Waals surface area contributed by atoms with Gasteiger partial charge >= 0.3 is 0 Å². The molecule has 1 fully saturated rings. The van der Waals surface area contributed by atoms with Gasteiger partial charge < -0.3 is 9.47 Å². The first-order chi connectivity index (χ1) is 9.85. The predicted octanol–water partition coefficient (Wildman–Crippen LogP) is 4.08. The van der Waals surface area contributed by atoms with Crippen molar-refractivity contribution in [3.8, 4) is 16.9 Å². The number of hydrogen-bond acceptors (Lipinski definition) is 2. The molecular weight excluding hydrogens is 248 g/mol. The van der Waals surface area contributed by atoms with E-state index < -0.39 is 0 Å². The van der Waals surface area contributed by atoms with Crippen molar-refractivity contribution in [3.63, 3.8) is 0 Å². The third-order valence-electron chi connectivity index (χ3n) is 3.52. The molecule has 1 atom stereocenters. The van der Waals surface area contributed by atoms with Gasteiger partial charge in [0.1, 0.15) is 18.5 Å². The number of epoxide rings is 1. The van der Waals surface area contributed by atoms with Crippen molar-refractivity contribution in [2.24, 2.45) is 0 Å². The van der Waals surface area contributed by atoms with Crippen molar-refractivity contribution < 1.29 is 9.47 Å². The van der Waals surface area contributed by atoms with E-state index in [0.717, 1.165) is 18.8 Å². The molecule has 2 aromatic carbocycles. The summed E-state index contributed by atoms with van der Waals surface area (Å²) >= 11 is 0. The van der Waals surface area contributed by atoms with E-state index in [2.05, 4.69) is 43.3 Å². The highest BCUT2D eigenvalue weighted by atomic mass is 16.6. The van der Waals surface area contributed by atoms with E-state index >= 15 is 0 Å². The Bertz CT molecular complexity index is 539. The smallest absolute Gasteiger partial charge is 0.119 e. The van der Waals surface area contributed by atoms with Crippen LogP contribution in [0.25, 0.3) is 11.1 Å². The first-order valence-electron chi connectivity index (χ1n) is 7.29. The second-order valence-electron chi connectivity index (χ2n) is 5.24. The molecule has 1 unspecified atom stereocenters. The summed E-state index contributed by atoms with van der Waals surface area (Å²) in [5.74, 6) is 0.909. The van der Waals surface area contributed by atoms with Crippen LogP contribution >= 0.6 is 0 Å². The highest BCUT2D eigenvalue weighted by Crippen LogP contribution is 2.23. The van der Waals surface area contributed by atoms with Crippen molar-refractivity contribution >= 4 is 0 Å². The second-order valence-corrected chi connectivity index (χ2v) is 5.24. The van der Waals surface area contributed by atoms with Crippen molar-refractivity contribution in [2.45, 2.75) is 25.9 Å². The number of benzene rings is 2. The van der Waals surface area contributed by atoms with Gasteiger partial charge in [-0.25, -0.2) is 0 Å². The highest BCUT2D eigenvalue weighted by molar-refractivity contribution is 5.64. The fourth-order valence-corrected chi connectivity index (χ4v) is 2.25. The summed E-state index contributed by atoms with van der Waals surface area (Å²) in [5.41, 5.74) is 3.88. The molecule has 1 saturated heterocycles. The average Bonchev–Trinajstić information content (AvgIpc) is 3.31. The van der Waals surface area contributed by atoms with Gasteiger partial charge in [0.25, 0.3) is 0 Å². The zero-order valence-corrected chi connectivity index (χ0v) is 11.8. The monoisotopic (exact) mass is 268 g/mol. The third-order valence-corrected chi connectivity index (χ3v) is 3.52. The Hall–Kier alpha value is -1.80. The topological polar surface area (TPSA) is 21.8 Å². The molecule has 0 bridgehead atoms. The summed E-state index contributed by atoms with van der Waals surface area (Å²) in [5, 5.41) is 0. The van der Waals surface area contributed by atoms with Gasteiger partial charge in [-0.2, -0.15) is 0 Å². The minimum absolute atomic E-state index is 0.306. The molecule has 0 aromatic heterocycles. The van der Waals surface area contributed by atoms with Gasteiger partial charge in [-0.3, -0.25) is 0 Å². The Morgan fingerprint density at radius 2 is 1.60 bits per heavy atom. The van der Waals surface area contributed by atoms with Crippen LogP contribution in [0.15, 0.2) is 48.5 Å². The van der Waals surface area contributed by atoms with E-state index in [-0.39, 0.29) is 0 Å².